The molecule has 0 bridgehead atoms. The Morgan fingerprint density at radius 2 is 2.00 bits per heavy atom. The molecular weight excluding hydrogens is 346 g/mol. The Hall–Kier alpha value is -2.48. The number of pyridine rings is 1. The summed E-state index contributed by atoms with van der Waals surface area (Å²) in [4.78, 5) is 33.0. The highest BCUT2D eigenvalue weighted by atomic mass is 16.5. The Kier molecular flexibility index (Phi) is 4.82. The smallest absolute Gasteiger partial charge is 0.257 e. The molecule has 2 aromatic rings. The minimum Gasteiger partial charge on any atom is -0.352 e. The van der Waals surface area contributed by atoms with E-state index in [4.69, 9.17) is 4.52 Å². The van der Waals surface area contributed by atoms with E-state index in [-0.39, 0.29) is 17.7 Å². The summed E-state index contributed by atoms with van der Waals surface area (Å²) in [7, 11) is 0. The van der Waals surface area contributed by atoms with E-state index >= 15 is 0 Å². The molecule has 0 radical (unpaired) electrons. The highest BCUT2D eigenvalue weighted by Crippen LogP contribution is 2.24. The first-order valence-electron chi connectivity index (χ1n) is 9.57. The van der Waals surface area contributed by atoms with Crippen molar-refractivity contribution in [2.24, 2.45) is 0 Å². The number of piperazine rings is 1. The fraction of sp³-hybridized carbons (Fsp3) is 0.579. The number of carbonyl (C=O) groups is 2. The lowest BCUT2D eigenvalue weighted by molar-refractivity contribution is -0.122. The van der Waals surface area contributed by atoms with Crippen molar-refractivity contribution in [3.05, 3.63) is 23.5 Å². The Bertz CT molecular complexity index is 850. The number of aromatic nitrogens is 2. The molecule has 1 aliphatic heterocycles. The molecule has 0 atom stereocenters. The van der Waals surface area contributed by atoms with Crippen LogP contribution in [0.1, 0.15) is 48.7 Å². The molecule has 2 aromatic heterocycles. The summed E-state index contributed by atoms with van der Waals surface area (Å²) in [5.74, 6) is 0.242. The predicted octanol–water partition coefficient (Wildman–Crippen LogP) is 1.38. The molecule has 2 aliphatic rings. The number of carbonyl (C=O) groups excluding carboxylic acids is 2. The quantitative estimate of drug-likeness (QED) is 0.854. The van der Waals surface area contributed by atoms with Gasteiger partial charge < -0.3 is 14.7 Å². The molecular formula is C19H25N5O3. The average molecular weight is 371 g/mol. The van der Waals surface area contributed by atoms with Gasteiger partial charge in [0.05, 0.1) is 23.2 Å². The Morgan fingerprint density at radius 3 is 2.67 bits per heavy atom. The van der Waals surface area contributed by atoms with Crippen molar-refractivity contribution >= 4 is 22.9 Å². The van der Waals surface area contributed by atoms with Crippen LogP contribution in [-0.4, -0.2) is 70.5 Å². The summed E-state index contributed by atoms with van der Waals surface area (Å²) < 4.78 is 5.24. The van der Waals surface area contributed by atoms with Crippen LogP contribution < -0.4 is 5.32 Å². The van der Waals surface area contributed by atoms with Gasteiger partial charge in [-0.1, -0.05) is 19.0 Å². The number of hydrogen-bond donors (Lipinski definition) is 1. The zero-order valence-corrected chi connectivity index (χ0v) is 15.8. The molecule has 1 N–H and O–H groups in total. The van der Waals surface area contributed by atoms with E-state index in [1.165, 1.54) is 0 Å². The molecule has 0 spiro atoms. The van der Waals surface area contributed by atoms with Crippen LogP contribution >= 0.6 is 0 Å². The van der Waals surface area contributed by atoms with E-state index in [9.17, 15) is 9.59 Å². The third-order valence-electron chi connectivity index (χ3n) is 5.12. The van der Waals surface area contributed by atoms with E-state index in [1.807, 2.05) is 24.8 Å². The lowest BCUT2D eigenvalue weighted by atomic mass is 10.1. The summed E-state index contributed by atoms with van der Waals surface area (Å²) in [6.45, 7) is 7.08. The fourth-order valence-electron chi connectivity index (χ4n) is 3.38. The zero-order chi connectivity index (χ0) is 19.0. The first-order chi connectivity index (χ1) is 13.0. The van der Waals surface area contributed by atoms with Crippen LogP contribution in [-0.2, 0) is 4.79 Å². The molecule has 2 amide bonds. The third-order valence-corrected chi connectivity index (χ3v) is 5.12. The third kappa shape index (κ3) is 3.95. The van der Waals surface area contributed by atoms with Crippen molar-refractivity contribution in [1.29, 1.82) is 0 Å². The Balaban J connectivity index is 1.38. The van der Waals surface area contributed by atoms with Gasteiger partial charge >= 0.3 is 0 Å². The summed E-state index contributed by atoms with van der Waals surface area (Å²) in [6, 6.07) is 2.21. The van der Waals surface area contributed by atoms with Crippen LogP contribution in [0, 0.1) is 0 Å². The molecule has 4 rings (SSSR count). The van der Waals surface area contributed by atoms with Gasteiger partial charge in [0.2, 0.25) is 5.91 Å². The maximum absolute atomic E-state index is 12.9. The normalized spacial score (nSPS) is 18.3. The van der Waals surface area contributed by atoms with E-state index in [0.29, 0.717) is 50.0 Å². The first-order valence-corrected chi connectivity index (χ1v) is 9.57. The Labute approximate surface area is 157 Å². The number of nitrogens with zero attached hydrogens (tertiary/aromatic N) is 4. The predicted molar refractivity (Wildman–Crippen MR) is 99.4 cm³/mol. The van der Waals surface area contributed by atoms with Gasteiger partial charge in [0, 0.05) is 38.4 Å². The molecule has 144 valence electrons. The average Bonchev–Trinajstić information content (AvgIpc) is 3.36. The maximum atomic E-state index is 12.9. The van der Waals surface area contributed by atoms with E-state index < -0.39 is 0 Å². The minimum atomic E-state index is -0.0395. The topological polar surface area (TPSA) is 91.6 Å². The largest absolute Gasteiger partial charge is 0.352 e. The number of nitrogens with one attached hydrogen (secondary N) is 1. The zero-order valence-electron chi connectivity index (χ0n) is 15.8. The van der Waals surface area contributed by atoms with Gasteiger partial charge in [0.25, 0.3) is 11.6 Å². The van der Waals surface area contributed by atoms with Crippen LogP contribution in [0.4, 0.5) is 0 Å². The van der Waals surface area contributed by atoms with Crippen LogP contribution in [0.3, 0.4) is 0 Å². The monoisotopic (exact) mass is 371 g/mol. The highest BCUT2D eigenvalue weighted by Gasteiger charge is 2.27. The van der Waals surface area contributed by atoms with Gasteiger partial charge in [-0.25, -0.2) is 4.98 Å². The molecule has 1 aliphatic carbocycles. The van der Waals surface area contributed by atoms with Crippen molar-refractivity contribution < 1.29 is 14.1 Å². The van der Waals surface area contributed by atoms with Gasteiger partial charge in [-0.05, 0) is 24.8 Å². The molecule has 2 fully saturated rings. The standard InChI is InChI=1S/C19H25N5O3/c1-12(2)17-15-9-13(10-20-18(15)27-22-17)19(26)24-7-5-23(6-8-24)11-16(25)21-14-3-4-14/h9-10,12,14H,3-8,11H2,1-2H3,(H,21,25). The van der Waals surface area contributed by atoms with Crippen molar-refractivity contribution in [2.75, 3.05) is 32.7 Å². The minimum absolute atomic E-state index is 0.0395. The van der Waals surface area contributed by atoms with Crippen LogP contribution in [0.5, 0.6) is 0 Å². The van der Waals surface area contributed by atoms with Crippen molar-refractivity contribution in [2.45, 2.75) is 38.6 Å². The second-order valence-electron chi connectivity index (χ2n) is 7.71. The Morgan fingerprint density at radius 1 is 1.26 bits per heavy atom. The van der Waals surface area contributed by atoms with Gasteiger partial charge in [-0.3, -0.25) is 14.5 Å². The lowest BCUT2D eigenvalue weighted by Crippen LogP contribution is -2.51. The fourth-order valence-corrected chi connectivity index (χ4v) is 3.38. The summed E-state index contributed by atoms with van der Waals surface area (Å²) in [5.41, 5.74) is 1.83. The van der Waals surface area contributed by atoms with Gasteiger partial charge in [0.15, 0.2) is 0 Å². The molecule has 3 heterocycles. The van der Waals surface area contributed by atoms with E-state index in [2.05, 4.69) is 20.4 Å². The molecule has 8 heteroatoms. The van der Waals surface area contributed by atoms with Gasteiger partial charge in [-0.2, -0.15) is 0 Å². The van der Waals surface area contributed by atoms with Crippen molar-refractivity contribution in [3.8, 4) is 0 Å². The summed E-state index contributed by atoms with van der Waals surface area (Å²) in [6.07, 6.45) is 3.74. The molecule has 0 unspecified atom stereocenters. The molecule has 27 heavy (non-hydrogen) atoms. The van der Waals surface area contributed by atoms with Crippen molar-refractivity contribution in [3.63, 3.8) is 0 Å². The maximum Gasteiger partial charge on any atom is 0.257 e. The summed E-state index contributed by atoms with van der Waals surface area (Å²) >= 11 is 0. The molecule has 1 saturated carbocycles. The summed E-state index contributed by atoms with van der Waals surface area (Å²) in [5, 5.41) is 7.87. The number of fused-ring (bicyclic) bond motifs is 1. The number of hydrogen-bond acceptors (Lipinski definition) is 6. The van der Waals surface area contributed by atoms with E-state index in [1.54, 1.807) is 6.20 Å². The first kappa shape index (κ1) is 17.9. The van der Waals surface area contributed by atoms with Crippen LogP contribution in [0.15, 0.2) is 16.8 Å². The second-order valence-corrected chi connectivity index (χ2v) is 7.71. The second kappa shape index (κ2) is 7.26. The van der Waals surface area contributed by atoms with Crippen molar-refractivity contribution in [1.82, 2.24) is 25.3 Å². The molecule has 8 nitrogen and oxygen atoms in total. The van der Waals surface area contributed by atoms with Gasteiger partial charge in [0.1, 0.15) is 0 Å². The van der Waals surface area contributed by atoms with Crippen LogP contribution in [0.2, 0.25) is 0 Å². The number of rotatable bonds is 5. The highest BCUT2D eigenvalue weighted by molar-refractivity contribution is 5.97. The molecule has 0 aromatic carbocycles. The molecule has 1 saturated heterocycles. The number of amides is 2. The lowest BCUT2D eigenvalue weighted by Gasteiger charge is -2.34. The SMILES string of the molecule is CC(C)c1noc2ncc(C(=O)N3CCN(CC(=O)NC4CC4)CC3)cc12. The van der Waals surface area contributed by atoms with E-state index in [0.717, 1.165) is 23.9 Å². The van der Waals surface area contributed by atoms with Gasteiger partial charge in [-0.15, -0.1) is 0 Å². The van der Waals surface area contributed by atoms with Crippen LogP contribution in [0.25, 0.3) is 11.1 Å².